The van der Waals surface area contributed by atoms with Gasteiger partial charge in [0.15, 0.2) is 0 Å². The van der Waals surface area contributed by atoms with E-state index < -0.39 is 0 Å². The first-order valence-electron chi connectivity index (χ1n) is 7.70. The molecular weight excluding hydrogens is 268 g/mol. The second-order valence-corrected chi connectivity index (χ2v) is 5.87. The second-order valence-electron chi connectivity index (χ2n) is 5.87. The fourth-order valence-electron chi connectivity index (χ4n) is 2.39. The molecule has 0 aliphatic heterocycles. The van der Waals surface area contributed by atoms with Crippen molar-refractivity contribution in [1.82, 2.24) is 10.2 Å². The molecule has 0 bridgehead atoms. The van der Waals surface area contributed by atoms with E-state index in [1.807, 2.05) is 6.92 Å². The summed E-state index contributed by atoms with van der Waals surface area (Å²) < 4.78 is 0. The fourth-order valence-corrected chi connectivity index (χ4v) is 2.39. The predicted molar refractivity (Wildman–Crippen MR) is 81.4 cm³/mol. The molecule has 118 valence electrons. The Morgan fingerprint density at radius 1 is 1.24 bits per heavy atom. The highest BCUT2D eigenvalue weighted by Gasteiger charge is 2.38. The quantitative estimate of drug-likeness (QED) is 0.402. The summed E-state index contributed by atoms with van der Waals surface area (Å²) in [6.07, 6.45) is 9.20. The first-order valence-corrected chi connectivity index (χ1v) is 7.70. The zero-order valence-electron chi connectivity index (χ0n) is 13.1. The smallest absolute Gasteiger partial charge is 0.252 e. The van der Waals surface area contributed by atoms with Gasteiger partial charge in [-0.2, -0.15) is 0 Å². The van der Waals surface area contributed by atoms with Gasteiger partial charge in [0.05, 0.1) is 0 Å². The summed E-state index contributed by atoms with van der Waals surface area (Å²) in [7, 11) is 0. The number of carbonyl (C=O) groups excluding carboxylic acids is 3. The molecule has 0 unspecified atom stereocenters. The number of unbranched alkanes of at least 4 members (excludes halogenated alkanes) is 2. The van der Waals surface area contributed by atoms with E-state index in [2.05, 4.69) is 5.32 Å². The van der Waals surface area contributed by atoms with Crippen molar-refractivity contribution in [3.8, 4) is 0 Å². The van der Waals surface area contributed by atoms with E-state index >= 15 is 0 Å². The topological polar surface area (TPSA) is 66.5 Å². The van der Waals surface area contributed by atoms with Gasteiger partial charge in [0, 0.05) is 18.5 Å². The van der Waals surface area contributed by atoms with Crippen LogP contribution >= 0.6 is 0 Å². The molecule has 5 nitrogen and oxygen atoms in total. The van der Waals surface area contributed by atoms with Crippen LogP contribution in [0.5, 0.6) is 0 Å². The van der Waals surface area contributed by atoms with E-state index in [1.165, 1.54) is 11.0 Å². The van der Waals surface area contributed by atoms with Gasteiger partial charge in [-0.1, -0.05) is 19.4 Å². The Balaban J connectivity index is 2.10. The number of nitrogens with zero attached hydrogens (tertiary/aromatic N) is 1. The van der Waals surface area contributed by atoms with Crippen LogP contribution in [0.4, 0.5) is 0 Å². The van der Waals surface area contributed by atoms with Crippen LogP contribution in [0, 0.1) is 5.41 Å². The Morgan fingerprint density at radius 3 is 2.48 bits per heavy atom. The van der Waals surface area contributed by atoms with Crippen LogP contribution in [0.25, 0.3) is 0 Å². The lowest BCUT2D eigenvalue weighted by molar-refractivity contribution is -0.135. The van der Waals surface area contributed by atoms with Gasteiger partial charge in [-0.15, -0.1) is 0 Å². The lowest BCUT2D eigenvalue weighted by Crippen LogP contribution is -2.43. The van der Waals surface area contributed by atoms with Gasteiger partial charge in [0.1, 0.15) is 0 Å². The second kappa shape index (κ2) is 8.60. The van der Waals surface area contributed by atoms with Crippen LogP contribution in [0.3, 0.4) is 0 Å². The predicted octanol–water partition coefficient (Wildman–Crippen LogP) is 2.02. The van der Waals surface area contributed by atoms with Crippen molar-refractivity contribution in [1.29, 1.82) is 0 Å². The minimum atomic E-state index is -0.279. The van der Waals surface area contributed by atoms with Crippen LogP contribution in [0.15, 0.2) is 12.2 Å². The standard InChI is InChI=1S/C16H26N2O3/c1-3-8-14(20)18(13-19)12-6-4-5-11-17-15(21)16(2)9-7-10-16/h3,8,13H,4-7,9-12H2,1-2H3,(H,17,21)/b8-3-. The molecule has 1 fully saturated rings. The van der Waals surface area contributed by atoms with Crippen LogP contribution in [-0.4, -0.2) is 36.2 Å². The molecule has 3 amide bonds. The number of amides is 3. The molecule has 1 rings (SSSR count). The summed E-state index contributed by atoms with van der Waals surface area (Å²) in [6, 6.07) is 0. The van der Waals surface area contributed by atoms with Gasteiger partial charge in [0.2, 0.25) is 12.3 Å². The maximum atomic E-state index is 11.9. The van der Waals surface area contributed by atoms with Gasteiger partial charge < -0.3 is 5.32 Å². The van der Waals surface area contributed by atoms with Crippen molar-refractivity contribution in [2.45, 2.75) is 52.4 Å². The van der Waals surface area contributed by atoms with Crippen LogP contribution in [0.2, 0.25) is 0 Å². The fraction of sp³-hybridized carbons (Fsp3) is 0.688. The van der Waals surface area contributed by atoms with Crippen LogP contribution in [-0.2, 0) is 14.4 Å². The molecule has 21 heavy (non-hydrogen) atoms. The molecule has 1 N–H and O–H groups in total. The summed E-state index contributed by atoms with van der Waals surface area (Å²) in [5.74, 6) is -0.120. The van der Waals surface area contributed by atoms with Crippen molar-refractivity contribution in [3.63, 3.8) is 0 Å². The van der Waals surface area contributed by atoms with Gasteiger partial charge in [-0.25, -0.2) is 0 Å². The van der Waals surface area contributed by atoms with E-state index in [0.29, 0.717) is 19.5 Å². The molecule has 0 aromatic heterocycles. The number of carbonyl (C=O) groups is 3. The number of imide groups is 1. The third-order valence-electron chi connectivity index (χ3n) is 4.09. The van der Waals surface area contributed by atoms with Crippen molar-refractivity contribution < 1.29 is 14.4 Å². The zero-order valence-corrected chi connectivity index (χ0v) is 13.1. The Kier molecular flexibility index (Phi) is 7.12. The normalized spacial score (nSPS) is 16.3. The highest BCUT2D eigenvalue weighted by atomic mass is 16.2. The van der Waals surface area contributed by atoms with E-state index in [4.69, 9.17) is 0 Å². The van der Waals surface area contributed by atoms with Crippen molar-refractivity contribution in [2.75, 3.05) is 13.1 Å². The molecule has 1 aliphatic carbocycles. The minimum absolute atomic E-state index is 0.146. The number of rotatable bonds is 9. The molecule has 0 spiro atoms. The molecule has 0 saturated heterocycles. The average Bonchev–Trinajstić information content (AvgIpc) is 2.43. The van der Waals surface area contributed by atoms with E-state index in [0.717, 1.165) is 38.5 Å². The minimum Gasteiger partial charge on any atom is -0.356 e. The Bertz CT molecular complexity index is 400. The van der Waals surface area contributed by atoms with Crippen molar-refractivity contribution in [2.24, 2.45) is 5.41 Å². The molecule has 1 saturated carbocycles. The first kappa shape index (κ1) is 17.4. The molecule has 5 heteroatoms. The number of hydrogen-bond donors (Lipinski definition) is 1. The van der Waals surface area contributed by atoms with Crippen molar-refractivity contribution >= 4 is 18.2 Å². The largest absolute Gasteiger partial charge is 0.356 e. The van der Waals surface area contributed by atoms with E-state index in [-0.39, 0.29) is 17.2 Å². The van der Waals surface area contributed by atoms with Gasteiger partial charge in [0.25, 0.3) is 5.91 Å². The lowest BCUT2D eigenvalue weighted by Gasteiger charge is -2.36. The molecule has 0 atom stereocenters. The molecular formula is C16H26N2O3. The maximum Gasteiger partial charge on any atom is 0.252 e. The summed E-state index contributed by atoms with van der Waals surface area (Å²) in [4.78, 5) is 35.3. The van der Waals surface area contributed by atoms with Gasteiger partial charge in [-0.3, -0.25) is 19.3 Å². The molecule has 0 radical (unpaired) electrons. The summed E-state index contributed by atoms with van der Waals surface area (Å²) in [6.45, 7) is 4.85. The Labute approximate surface area is 126 Å². The SMILES string of the molecule is C/C=C\C(=O)N(C=O)CCCCCNC(=O)C1(C)CCC1. The Morgan fingerprint density at radius 2 is 1.95 bits per heavy atom. The summed E-state index contributed by atoms with van der Waals surface area (Å²) >= 11 is 0. The van der Waals surface area contributed by atoms with Crippen LogP contribution in [0.1, 0.15) is 52.4 Å². The number of allylic oxidation sites excluding steroid dienone is 1. The lowest BCUT2D eigenvalue weighted by atomic mass is 9.70. The van der Waals surface area contributed by atoms with E-state index in [9.17, 15) is 14.4 Å². The third-order valence-corrected chi connectivity index (χ3v) is 4.09. The molecule has 0 aromatic carbocycles. The zero-order chi connectivity index (χ0) is 15.7. The molecule has 0 aromatic rings. The highest BCUT2D eigenvalue weighted by Crippen LogP contribution is 2.40. The molecule has 0 heterocycles. The average molecular weight is 294 g/mol. The van der Waals surface area contributed by atoms with Crippen molar-refractivity contribution in [3.05, 3.63) is 12.2 Å². The third kappa shape index (κ3) is 5.33. The molecule has 1 aliphatic rings. The number of nitrogens with one attached hydrogen (secondary N) is 1. The Hall–Kier alpha value is -1.65. The van der Waals surface area contributed by atoms with Gasteiger partial charge >= 0.3 is 0 Å². The summed E-state index contributed by atoms with van der Waals surface area (Å²) in [5.41, 5.74) is -0.146. The van der Waals surface area contributed by atoms with E-state index in [1.54, 1.807) is 13.0 Å². The van der Waals surface area contributed by atoms with Crippen LogP contribution < -0.4 is 5.32 Å². The maximum absolute atomic E-state index is 11.9. The monoisotopic (exact) mass is 294 g/mol. The number of hydrogen-bond acceptors (Lipinski definition) is 3. The highest BCUT2D eigenvalue weighted by molar-refractivity contribution is 5.94. The van der Waals surface area contributed by atoms with Gasteiger partial charge in [-0.05, 0) is 45.1 Å². The summed E-state index contributed by atoms with van der Waals surface area (Å²) in [5, 5.41) is 2.97. The first-order chi connectivity index (χ1) is 10.0.